The summed E-state index contributed by atoms with van der Waals surface area (Å²) < 4.78 is 24.6. The first-order chi connectivity index (χ1) is 10.2. The molecule has 0 saturated carbocycles. The number of sulfone groups is 1. The van der Waals surface area contributed by atoms with E-state index in [1.165, 1.54) is 0 Å². The van der Waals surface area contributed by atoms with Gasteiger partial charge in [-0.1, -0.05) is 29.8 Å². The maximum atomic E-state index is 12.3. The van der Waals surface area contributed by atoms with Gasteiger partial charge in [0.2, 0.25) is 11.9 Å². The topological polar surface area (TPSA) is 102 Å². The van der Waals surface area contributed by atoms with Gasteiger partial charge in [0.1, 0.15) is 5.75 Å². The monoisotopic (exact) mass is 321 g/mol. The summed E-state index contributed by atoms with van der Waals surface area (Å²) in [5.41, 5.74) is 7.42. The summed E-state index contributed by atoms with van der Waals surface area (Å²) in [4.78, 5) is 13.6. The number of anilines is 2. The lowest BCUT2D eigenvalue weighted by molar-refractivity contribution is 0.593. The lowest BCUT2D eigenvalue weighted by atomic mass is 10.2. The Hall–Kier alpha value is -2.22. The average molecular weight is 321 g/mol. The first-order valence-corrected chi connectivity index (χ1v) is 8.51. The predicted molar refractivity (Wildman–Crippen MR) is 86.1 cm³/mol. The zero-order chi connectivity index (χ0) is 16.3. The van der Waals surface area contributed by atoms with Crippen molar-refractivity contribution in [2.45, 2.75) is 18.4 Å². The Morgan fingerprint density at radius 3 is 2.27 bits per heavy atom. The van der Waals surface area contributed by atoms with Crippen molar-refractivity contribution in [3.63, 3.8) is 0 Å². The molecule has 0 saturated heterocycles. The van der Waals surface area contributed by atoms with Gasteiger partial charge < -0.3 is 10.6 Å². The van der Waals surface area contributed by atoms with Crippen molar-refractivity contribution in [1.29, 1.82) is 0 Å². The third-order valence-electron chi connectivity index (χ3n) is 2.94. The van der Waals surface area contributed by atoms with Crippen molar-refractivity contribution in [3.8, 4) is 0 Å². The number of benzene rings is 1. The van der Waals surface area contributed by atoms with Gasteiger partial charge in [0.25, 0.3) is 0 Å². The van der Waals surface area contributed by atoms with Gasteiger partial charge in [-0.15, -0.1) is 0 Å². The molecule has 0 amide bonds. The number of rotatable bonds is 5. The molecular weight excluding hydrogens is 302 g/mol. The molecule has 0 fully saturated rings. The summed E-state index contributed by atoms with van der Waals surface area (Å²) in [6.07, 6.45) is 0. The van der Waals surface area contributed by atoms with Gasteiger partial charge in [-0.05, 0) is 12.5 Å². The molecule has 0 bridgehead atoms. The van der Waals surface area contributed by atoms with E-state index in [4.69, 9.17) is 5.73 Å². The number of nitrogens with zero attached hydrogens (tertiary/aromatic N) is 4. The van der Waals surface area contributed by atoms with E-state index in [0.29, 0.717) is 5.95 Å². The second kappa shape index (κ2) is 6.27. The molecule has 1 aromatic carbocycles. The van der Waals surface area contributed by atoms with E-state index in [-0.39, 0.29) is 23.3 Å². The highest BCUT2D eigenvalue weighted by molar-refractivity contribution is 7.89. The number of nitrogen functional groups attached to an aromatic ring is 1. The average Bonchev–Trinajstić information content (AvgIpc) is 2.39. The van der Waals surface area contributed by atoms with Gasteiger partial charge in [-0.2, -0.15) is 15.0 Å². The molecule has 0 aliphatic heterocycles. The van der Waals surface area contributed by atoms with E-state index < -0.39 is 9.84 Å². The summed E-state index contributed by atoms with van der Waals surface area (Å²) >= 11 is 0. The minimum Gasteiger partial charge on any atom is -0.368 e. The van der Waals surface area contributed by atoms with E-state index in [2.05, 4.69) is 15.0 Å². The number of hydrogen-bond acceptors (Lipinski definition) is 7. The highest BCUT2D eigenvalue weighted by Gasteiger charge is 2.17. The first-order valence-electron chi connectivity index (χ1n) is 6.69. The normalized spacial score (nSPS) is 11.4. The zero-order valence-electron chi connectivity index (χ0n) is 12.8. The fourth-order valence-corrected chi connectivity index (χ4v) is 3.20. The van der Waals surface area contributed by atoms with Crippen LogP contribution in [0.1, 0.15) is 17.0 Å². The van der Waals surface area contributed by atoms with Gasteiger partial charge in [-0.25, -0.2) is 8.42 Å². The third kappa shape index (κ3) is 4.39. The maximum absolute atomic E-state index is 12.3. The summed E-state index contributed by atoms with van der Waals surface area (Å²) in [7, 11) is 0.112. The highest BCUT2D eigenvalue weighted by Crippen LogP contribution is 2.13. The molecule has 118 valence electrons. The number of aromatic nitrogens is 3. The summed E-state index contributed by atoms with van der Waals surface area (Å²) in [5, 5.41) is 0. The number of hydrogen-bond donors (Lipinski definition) is 1. The van der Waals surface area contributed by atoms with Crippen LogP contribution in [0.4, 0.5) is 11.9 Å². The Morgan fingerprint density at radius 2 is 1.68 bits per heavy atom. The molecule has 0 spiro atoms. The van der Waals surface area contributed by atoms with Gasteiger partial charge in [0, 0.05) is 14.1 Å². The van der Waals surface area contributed by atoms with Crippen LogP contribution in [0, 0.1) is 6.92 Å². The van der Waals surface area contributed by atoms with E-state index in [9.17, 15) is 8.42 Å². The fraction of sp³-hybridized carbons (Fsp3) is 0.357. The smallest absolute Gasteiger partial charge is 0.229 e. The minimum atomic E-state index is -3.39. The molecule has 0 atom stereocenters. The van der Waals surface area contributed by atoms with Crippen LogP contribution in [0.15, 0.2) is 24.3 Å². The zero-order valence-corrected chi connectivity index (χ0v) is 13.6. The van der Waals surface area contributed by atoms with Crippen LogP contribution in [0.25, 0.3) is 0 Å². The Morgan fingerprint density at radius 1 is 1.05 bits per heavy atom. The highest BCUT2D eigenvalue weighted by atomic mass is 32.2. The molecule has 2 aromatic rings. The molecule has 7 nitrogen and oxygen atoms in total. The molecule has 2 N–H and O–H groups in total. The van der Waals surface area contributed by atoms with Crippen LogP contribution < -0.4 is 10.6 Å². The molecule has 1 heterocycles. The molecule has 0 aliphatic carbocycles. The summed E-state index contributed by atoms with van der Waals surface area (Å²) in [6.45, 7) is 1.95. The van der Waals surface area contributed by atoms with Crippen molar-refractivity contribution >= 4 is 21.7 Å². The number of nitrogens with two attached hydrogens (primary N) is 1. The van der Waals surface area contributed by atoms with E-state index in [0.717, 1.165) is 11.1 Å². The fourth-order valence-electron chi connectivity index (χ4n) is 1.88. The Balaban J connectivity index is 2.19. The van der Waals surface area contributed by atoms with Gasteiger partial charge in [0.05, 0.1) is 5.75 Å². The largest absolute Gasteiger partial charge is 0.368 e. The van der Waals surface area contributed by atoms with Crippen LogP contribution in [0.2, 0.25) is 0 Å². The van der Waals surface area contributed by atoms with Crippen LogP contribution in [-0.2, 0) is 21.3 Å². The van der Waals surface area contributed by atoms with Crippen LogP contribution in [-0.4, -0.2) is 37.5 Å². The molecule has 0 unspecified atom stereocenters. The van der Waals surface area contributed by atoms with Crippen molar-refractivity contribution in [2.75, 3.05) is 24.7 Å². The van der Waals surface area contributed by atoms with Gasteiger partial charge in [0.15, 0.2) is 15.7 Å². The first kappa shape index (κ1) is 16.2. The van der Waals surface area contributed by atoms with Crippen molar-refractivity contribution in [1.82, 2.24) is 15.0 Å². The van der Waals surface area contributed by atoms with Gasteiger partial charge in [-0.3, -0.25) is 0 Å². The molecule has 2 rings (SSSR count). The maximum Gasteiger partial charge on any atom is 0.229 e. The Bertz CT molecular complexity index is 757. The second-order valence-corrected chi connectivity index (χ2v) is 7.39. The van der Waals surface area contributed by atoms with E-state index in [1.807, 2.05) is 19.1 Å². The summed E-state index contributed by atoms with van der Waals surface area (Å²) in [5.74, 6) is 0.181. The molecular formula is C14H19N5O2S. The molecule has 1 aromatic heterocycles. The van der Waals surface area contributed by atoms with Crippen molar-refractivity contribution in [2.24, 2.45) is 0 Å². The Kier molecular flexibility index (Phi) is 4.60. The predicted octanol–water partition coefficient (Wildman–Crippen LogP) is 0.943. The van der Waals surface area contributed by atoms with Crippen molar-refractivity contribution in [3.05, 3.63) is 41.2 Å². The van der Waals surface area contributed by atoms with E-state index >= 15 is 0 Å². The quantitative estimate of drug-likeness (QED) is 0.874. The third-order valence-corrected chi connectivity index (χ3v) is 4.41. The lowest BCUT2D eigenvalue weighted by Crippen LogP contribution is -2.18. The van der Waals surface area contributed by atoms with Crippen LogP contribution >= 0.6 is 0 Å². The molecule has 22 heavy (non-hydrogen) atoms. The standard InChI is InChI=1S/C14H19N5O2S/c1-10-4-6-11(7-5-10)8-22(20,21)9-12-16-13(15)18-14(17-12)19(2)3/h4-7H,8-9H2,1-3H3,(H2,15,16,17,18). The SMILES string of the molecule is Cc1ccc(CS(=O)(=O)Cc2nc(N)nc(N(C)C)n2)cc1. The van der Waals surface area contributed by atoms with Gasteiger partial charge >= 0.3 is 0 Å². The summed E-state index contributed by atoms with van der Waals surface area (Å²) in [6, 6.07) is 7.38. The van der Waals surface area contributed by atoms with Crippen molar-refractivity contribution < 1.29 is 8.42 Å². The molecule has 0 radical (unpaired) electrons. The Labute approximate surface area is 130 Å². The lowest BCUT2D eigenvalue weighted by Gasteiger charge is -2.11. The minimum absolute atomic E-state index is 0.0132. The second-order valence-electron chi connectivity index (χ2n) is 5.32. The van der Waals surface area contributed by atoms with Crippen LogP contribution in [0.3, 0.4) is 0 Å². The molecule has 0 aliphatic rings. The van der Waals surface area contributed by atoms with E-state index in [1.54, 1.807) is 31.1 Å². The number of aryl methyl sites for hydroxylation is 1. The van der Waals surface area contributed by atoms with Crippen LogP contribution in [0.5, 0.6) is 0 Å². The molecule has 8 heteroatoms.